The van der Waals surface area contributed by atoms with E-state index in [1.807, 2.05) is 0 Å². The molecule has 0 bridgehead atoms. The predicted octanol–water partition coefficient (Wildman–Crippen LogP) is 5.31. The second kappa shape index (κ2) is 4.36. The van der Waals surface area contributed by atoms with Crippen molar-refractivity contribution >= 4 is 22.0 Å². The standard InChI is InChI=1S/C19H20BrN/c1-11-10-19(2,3)21-18-8-13-6-12-7-14(20)4-5-15(12)17(13)9-16(11)18/h4-7,10,17,21H,8-9H2,1-3H3. The van der Waals surface area contributed by atoms with Gasteiger partial charge in [0.2, 0.25) is 0 Å². The average Bonchev–Trinajstić information content (AvgIpc) is 2.71. The monoisotopic (exact) mass is 341 g/mol. The van der Waals surface area contributed by atoms with E-state index in [9.17, 15) is 0 Å². The Hall–Kier alpha value is -1.28. The summed E-state index contributed by atoms with van der Waals surface area (Å²) in [5.41, 5.74) is 8.97. The molecule has 2 heteroatoms. The highest BCUT2D eigenvalue weighted by molar-refractivity contribution is 9.10. The van der Waals surface area contributed by atoms with Gasteiger partial charge in [0, 0.05) is 22.5 Å². The van der Waals surface area contributed by atoms with Gasteiger partial charge in [-0.15, -0.1) is 0 Å². The third-order valence-electron chi connectivity index (χ3n) is 4.89. The highest BCUT2D eigenvalue weighted by Gasteiger charge is 2.35. The van der Waals surface area contributed by atoms with Crippen molar-refractivity contribution in [3.63, 3.8) is 0 Å². The van der Waals surface area contributed by atoms with E-state index in [-0.39, 0.29) is 5.54 Å². The molecule has 4 rings (SSSR count). The quantitative estimate of drug-likeness (QED) is 0.674. The normalized spacial score (nSPS) is 25.4. The van der Waals surface area contributed by atoms with Gasteiger partial charge >= 0.3 is 0 Å². The molecule has 0 saturated carbocycles. The lowest BCUT2D eigenvalue weighted by Gasteiger charge is -2.38. The summed E-state index contributed by atoms with van der Waals surface area (Å²) < 4.78 is 1.17. The molecule has 1 heterocycles. The first kappa shape index (κ1) is 13.4. The fraction of sp³-hybridized carbons (Fsp3) is 0.368. The smallest absolute Gasteiger partial charge is 0.0502 e. The van der Waals surface area contributed by atoms with Crippen molar-refractivity contribution in [1.82, 2.24) is 5.32 Å². The van der Waals surface area contributed by atoms with Crippen molar-refractivity contribution in [2.75, 3.05) is 0 Å². The van der Waals surface area contributed by atoms with E-state index in [0.29, 0.717) is 5.92 Å². The van der Waals surface area contributed by atoms with Gasteiger partial charge in [0.15, 0.2) is 0 Å². The molecule has 1 nitrogen and oxygen atoms in total. The SMILES string of the molecule is CC1=CC(C)(C)NC2=C1CC1C(=Cc3cc(Br)ccc31)C2. The number of halogens is 1. The summed E-state index contributed by atoms with van der Waals surface area (Å²) in [4.78, 5) is 0. The van der Waals surface area contributed by atoms with Gasteiger partial charge in [-0.25, -0.2) is 0 Å². The molecular formula is C19H20BrN. The molecule has 0 aromatic heterocycles. The van der Waals surface area contributed by atoms with Crippen LogP contribution in [0.25, 0.3) is 6.08 Å². The Kier molecular flexibility index (Phi) is 2.78. The van der Waals surface area contributed by atoms with E-state index in [1.54, 1.807) is 5.57 Å². The van der Waals surface area contributed by atoms with Crippen LogP contribution in [-0.4, -0.2) is 5.54 Å². The van der Waals surface area contributed by atoms with Crippen LogP contribution < -0.4 is 5.32 Å². The third kappa shape index (κ3) is 2.12. The number of nitrogens with one attached hydrogen (secondary N) is 1. The minimum Gasteiger partial charge on any atom is -0.379 e. The van der Waals surface area contributed by atoms with E-state index in [4.69, 9.17) is 0 Å². The molecule has 1 aliphatic heterocycles. The van der Waals surface area contributed by atoms with Crippen LogP contribution in [0.15, 0.2) is 51.2 Å². The van der Waals surface area contributed by atoms with Crippen LogP contribution in [0.2, 0.25) is 0 Å². The molecule has 1 aromatic carbocycles. The molecule has 3 aliphatic rings. The first-order chi connectivity index (χ1) is 9.93. The summed E-state index contributed by atoms with van der Waals surface area (Å²) in [5, 5.41) is 3.73. The van der Waals surface area contributed by atoms with Gasteiger partial charge in [0.25, 0.3) is 0 Å². The van der Waals surface area contributed by atoms with E-state index < -0.39 is 0 Å². The highest BCUT2D eigenvalue weighted by atomic mass is 79.9. The van der Waals surface area contributed by atoms with E-state index in [0.717, 1.165) is 12.8 Å². The summed E-state index contributed by atoms with van der Waals surface area (Å²) in [6.45, 7) is 6.77. The molecule has 2 aliphatic carbocycles. The largest absolute Gasteiger partial charge is 0.379 e. The van der Waals surface area contributed by atoms with Crippen molar-refractivity contribution in [1.29, 1.82) is 0 Å². The second-order valence-corrected chi connectivity index (χ2v) is 7.97. The van der Waals surface area contributed by atoms with Gasteiger partial charge in [-0.2, -0.15) is 0 Å². The summed E-state index contributed by atoms with van der Waals surface area (Å²) in [6.07, 6.45) is 6.98. The highest BCUT2D eigenvalue weighted by Crippen LogP contribution is 2.49. The van der Waals surface area contributed by atoms with Crippen LogP contribution in [0.4, 0.5) is 0 Å². The maximum Gasteiger partial charge on any atom is 0.0502 e. The fourth-order valence-electron chi connectivity index (χ4n) is 4.11. The number of rotatable bonds is 0. The molecule has 21 heavy (non-hydrogen) atoms. The topological polar surface area (TPSA) is 12.0 Å². The first-order valence-corrected chi connectivity index (χ1v) is 8.42. The van der Waals surface area contributed by atoms with Crippen LogP contribution in [0, 0.1) is 0 Å². The Morgan fingerprint density at radius 1 is 1.29 bits per heavy atom. The van der Waals surface area contributed by atoms with Gasteiger partial charge in [0.05, 0.1) is 5.54 Å². The maximum atomic E-state index is 3.73. The molecule has 0 saturated heterocycles. The number of hydrogen-bond acceptors (Lipinski definition) is 1. The first-order valence-electron chi connectivity index (χ1n) is 7.63. The number of benzene rings is 1. The molecule has 0 spiro atoms. The molecule has 1 N–H and O–H groups in total. The van der Waals surface area contributed by atoms with Crippen LogP contribution in [-0.2, 0) is 0 Å². The molecular weight excluding hydrogens is 322 g/mol. The van der Waals surface area contributed by atoms with Gasteiger partial charge < -0.3 is 5.32 Å². The second-order valence-electron chi connectivity index (χ2n) is 7.06. The van der Waals surface area contributed by atoms with Crippen molar-refractivity contribution in [2.24, 2.45) is 0 Å². The zero-order chi connectivity index (χ0) is 14.8. The van der Waals surface area contributed by atoms with E-state index in [2.05, 4.69) is 72.4 Å². The lowest BCUT2D eigenvalue weighted by molar-refractivity contribution is 0.491. The molecule has 108 valence electrons. The van der Waals surface area contributed by atoms with Gasteiger partial charge in [-0.05, 0) is 61.6 Å². The summed E-state index contributed by atoms with van der Waals surface area (Å²) in [7, 11) is 0. The molecule has 0 radical (unpaired) electrons. The maximum absolute atomic E-state index is 3.73. The van der Waals surface area contributed by atoms with Gasteiger partial charge in [-0.1, -0.05) is 39.7 Å². The van der Waals surface area contributed by atoms with E-state index >= 15 is 0 Å². The average molecular weight is 342 g/mol. The number of hydrogen-bond donors (Lipinski definition) is 1. The zero-order valence-corrected chi connectivity index (χ0v) is 14.3. The Balaban J connectivity index is 1.76. The lowest BCUT2D eigenvalue weighted by Crippen LogP contribution is -2.41. The molecule has 1 unspecified atom stereocenters. The Morgan fingerprint density at radius 2 is 2.10 bits per heavy atom. The minimum absolute atomic E-state index is 0.0742. The summed E-state index contributed by atoms with van der Waals surface area (Å²) >= 11 is 3.59. The molecule has 1 aromatic rings. The number of allylic oxidation sites excluding steroid dienone is 3. The van der Waals surface area contributed by atoms with Crippen molar-refractivity contribution in [3.8, 4) is 0 Å². The van der Waals surface area contributed by atoms with Crippen LogP contribution in [0.3, 0.4) is 0 Å². The third-order valence-corrected chi connectivity index (χ3v) is 5.39. The van der Waals surface area contributed by atoms with Crippen LogP contribution in [0.5, 0.6) is 0 Å². The number of fused-ring (bicyclic) bond motifs is 3. The Labute approximate surface area is 135 Å². The fourth-order valence-corrected chi connectivity index (χ4v) is 4.49. The van der Waals surface area contributed by atoms with Crippen molar-refractivity contribution in [2.45, 2.75) is 45.1 Å². The molecule has 0 amide bonds. The summed E-state index contributed by atoms with van der Waals surface area (Å²) in [6, 6.07) is 6.71. The predicted molar refractivity (Wildman–Crippen MR) is 92.1 cm³/mol. The van der Waals surface area contributed by atoms with E-state index in [1.165, 1.54) is 32.4 Å². The van der Waals surface area contributed by atoms with Crippen LogP contribution >= 0.6 is 15.9 Å². The van der Waals surface area contributed by atoms with Gasteiger partial charge in [0.1, 0.15) is 0 Å². The molecule has 1 atom stereocenters. The zero-order valence-electron chi connectivity index (χ0n) is 12.8. The number of dihydropyridines is 1. The Morgan fingerprint density at radius 3 is 2.90 bits per heavy atom. The Bertz CT molecular complexity index is 734. The van der Waals surface area contributed by atoms with Crippen molar-refractivity contribution < 1.29 is 0 Å². The van der Waals surface area contributed by atoms with Crippen molar-refractivity contribution in [3.05, 3.63) is 62.3 Å². The van der Waals surface area contributed by atoms with Gasteiger partial charge in [-0.3, -0.25) is 0 Å². The minimum atomic E-state index is 0.0742. The van der Waals surface area contributed by atoms with Crippen LogP contribution in [0.1, 0.15) is 50.7 Å². The summed E-state index contributed by atoms with van der Waals surface area (Å²) in [5.74, 6) is 0.582. The lowest BCUT2D eigenvalue weighted by atomic mass is 9.76. The molecule has 0 fully saturated rings.